The Labute approximate surface area is 155 Å². The minimum Gasteiger partial charge on any atom is -0.346 e. The molecule has 1 unspecified atom stereocenters. The van der Waals surface area contributed by atoms with Crippen molar-refractivity contribution in [1.82, 2.24) is 14.4 Å². The molecule has 1 spiro atoms. The van der Waals surface area contributed by atoms with Gasteiger partial charge in [0, 0.05) is 55.8 Å². The van der Waals surface area contributed by atoms with Crippen molar-refractivity contribution in [3.05, 3.63) is 36.0 Å². The molecule has 138 valence electrons. The van der Waals surface area contributed by atoms with Gasteiger partial charge in [-0.05, 0) is 56.2 Å². The number of amides is 1. The first-order chi connectivity index (χ1) is 12.6. The molecule has 3 heterocycles. The Balaban J connectivity index is 1.34. The van der Waals surface area contributed by atoms with Gasteiger partial charge in [-0.2, -0.15) is 0 Å². The number of aromatic nitrogens is 1. The molecule has 4 heteroatoms. The number of carbonyl (C=O) groups excluding carboxylic acids is 1. The van der Waals surface area contributed by atoms with E-state index in [9.17, 15) is 4.79 Å². The van der Waals surface area contributed by atoms with Crippen LogP contribution in [0.2, 0.25) is 0 Å². The highest BCUT2D eigenvalue weighted by atomic mass is 16.2. The van der Waals surface area contributed by atoms with E-state index in [2.05, 4.69) is 51.7 Å². The smallest absolute Gasteiger partial charge is 0.222 e. The van der Waals surface area contributed by atoms with Gasteiger partial charge in [0.15, 0.2) is 0 Å². The largest absolute Gasteiger partial charge is 0.346 e. The molecule has 1 atom stereocenters. The van der Waals surface area contributed by atoms with E-state index in [1.807, 2.05) is 0 Å². The Kier molecular flexibility index (Phi) is 3.85. The molecule has 0 radical (unpaired) electrons. The predicted octanol–water partition coefficient (Wildman–Crippen LogP) is 3.55. The number of fused-ring (bicyclic) bond motifs is 1. The maximum absolute atomic E-state index is 12.3. The van der Waals surface area contributed by atoms with E-state index in [-0.39, 0.29) is 0 Å². The van der Waals surface area contributed by atoms with Gasteiger partial charge in [0.1, 0.15) is 0 Å². The summed E-state index contributed by atoms with van der Waals surface area (Å²) < 4.78 is 2.34. The summed E-state index contributed by atoms with van der Waals surface area (Å²) in [5.41, 5.74) is 3.05. The van der Waals surface area contributed by atoms with Gasteiger partial charge in [0.25, 0.3) is 0 Å². The van der Waals surface area contributed by atoms with Crippen LogP contribution < -0.4 is 0 Å². The van der Waals surface area contributed by atoms with E-state index in [0.717, 1.165) is 32.5 Å². The number of nitrogens with zero attached hydrogens (tertiary/aromatic N) is 3. The number of piperidine rings is 2. The molecule has 2 aliphatic heterocycles. The number of hydrogen-bond donors (Lipinski definition) is 0. The maximum atomic E-state index is 12.3. The second-order valence-corrected chi connectivity index (χ2v) is 8.82. The third-order valence-electron chi connectivity index (χ3n) is 6.86. The highest BCUT2D eigenvalue weighted by Gasteiger charge is 2.45. The molecular weight excluding hydrogens is 322 g/mol. The van der Waals surface area contributed by atoms with Gasteiger partial charge < -0.3 is 9.47 Å². The summed E-state index contributed by atoms with van der Waals surface area (Å²) in [4.78, 5) is 17.2. The van der Waals surface area contributed by atoms with Gasteiger partial charge in [-0.1, -0.05) is 18.2 Å². The molecule has 3 aliphatic rings. The summed E-state index contributed by atoms with van der Waals surface area (Å²) in [6, 6.07) is 11.6. The standard InChI is InChI=1S/C22H29N3O/c1-23-19(13-17-5-2-3-6-20(17)23)14-24-12-4-10-22(15-24)11-9-21(26)25(16-22)18-7-8-18/h2-3,5-6,13,18H,4,7-12,14-16H2,1H3. The van der Waals surface area contributed by atoms with Crippen LogP contribution in [-0.2, 0) is 18.4 Å². The molecule has 1 aromatic carbocycles. The second kappa shape index (κ2) is 6.12. The van der Waals surface area contributed by atoms with E-state index >= 15 is 0 Å². The molecule has 3 fully saturated rings. The molecule has 1 aromatic heterocycles. The van der Waals surface area contributed by atoms with Crippen molar-refractivity contribution in [2.75, 3.05) is 19.6 Å². The molecule has 5 rings (SSSR count). The van der Waals surface area contributed by atoms with Crippen LogP contribution >= 0.6 is 0 Å². The van der Waals surface area contributed by atoms with Crippen molar-refractivity contribution in [3.63, 3.8) is 0 Å². The fraction of sp³-hybridized carbons (Fsp3) is 0.591. The Bertz CT molecular complexity index is 837. The third-order valence-corrected chi connectivity index (χ3v) is 6.86. The van der Waals surface area contributed by atoms with Crippen LogP contribution in [0, 0.1) is 5.41 Å². The van der Waals surface area contributed by atoms with Gasteiger partial charge in [-0.25, -0.2) is 0 Å². The Hall–Kier alpha value is -1.81. The first-order valence-corrected chi connectivity index (χ1v) is 10.2. The molecule has 1 amide bonds. The summed E-state index contributed by atoms with van der Waals surface area (Å²) >= 11 is 0. The molecule has 26 heavy (non-hydrogen) atoms. The number of hydrogen-bond acceptors (Lipinski definition) is 2. The summed E-state index contributed by atoms with van der Waals surface area (Å²) in [5, 5.41) is 1.33. The average Bonchev–Trinajstić information content (AvgIpc) is 3.44. The number of benzene rings is 1. The lowest BCUT2D eigenvalue weighted by atomic mass is 9.73. The van der Waals surface area contributed by atoms with Crippen LogP contribution in [-0.4, -0.2) is 46.0 Å². The molecule has 1 saturated carbocycles. The van der Waals surface area contributed by atoms with Crippen molar-refractivity contribution in [3.8, 4) is 0 Å². The zero-order valence-electron chi connectivity index (χ0n) is 15.8. The van der Waals surface area contributed by atoms with Crippen molar-refractivity contribution in [2.24, 2.45) is 12.5 Å². The highest BCUT2D eigenvalue weighted by Crippen LogP contribution is 2.42. The summed E-state index contributed by atoms with van der Waals surface area (Å²) in [5.74, 6) is 0.406. The van der Waals surface area contributed by atoms with Gasteiger partial charge in [0.05, 0.1) is 0 Å². The van der Waals surface area contributed by atoms with Gasteiger partial charge in [-0.15, -0.1) is 0 Å². The number of carbonyl (C=O) groups is 1. The van der Waals surface area contributed by atoms with E-state index in [0.29, 0.717) is 17.4 Å². The number of rotatable bonds is 3. The van der Waals surface area contributed by atoms with E-state index < -0.39 is 0 Å². The van der Waals surface area contributed by atoms with E-state index in [1.165, 1.54) is 48.8 Å². The predicted molar refractivity (Wildman–Crippen MR) is 104 cm³/mol. The monoisotopic (exact) mass is 351 g/mol. The topological polar surface area (TPSA) is 28.5 Å². The maximum Gasteiger partial charge on any atom is 0.222 e. The Morgan fingerprint density at radius 3 is 2.81 bits per heavy atom. The van der Waals surface area contributed by atoms with Crippen LogP contribution in [0.5, 0.6) is 0 Å². The fourth-order valence-corrected chi connectivity index (χ4v) is 5.27. The fourth-order valence-electron chi connectivity index (χ4n) is 5.27. The molecule has 1 aliphatic carbocycles. The summed E-state index contributed by atoms with van der Waals surface area (Å²) in [7, 11) is 2.19. The minimum absolute atomic E-state index is 0.333. The van der Waals surface area contributed by atoms with Crippen molar-refractivity contribution < 1.29 is 4.79 Å². The van der Waals surface area contributed by atoms with Crippen molar-refractivity contribution >= 4 is 16.8 Å². The Morgan fingerprint density at radius 2 is 2.00 bits per heavy atom. The van der Waals surface area contributed by atoms with Crippen LogP contribution in [0.4, 0.5) is 0 Å². The van der Waals surface area contributed by atoms with Crippen LogP contribution in [0.1, 0.15) is 44.2 Å². The van der Waals surface area contributed by atoms with Crippen LogP contribution in [0.15, 0.2) is 30.3 Å². The van der Waals surface area contributed by atoms with Crippen molar-refractivity contribution in [2.45, 2.75) is 51.1 Å². The van der Waals surface area contributed by atoms with Crippen molar-refractivity contribution in [1.29, 1.82) is 0 Å². The molecule has 0 bridgehead atoms. The van der Waals surface area contributed by atoms with Crippen LogP contribution in [0.25, 0.3) is 10.9 Å². The second-order valence-electron chi connectivity index (χ2n) is 8.82. The quantitative estimate of drug-likeness (QED) is 0.846. The zero-order chi connectivity index (χ0) is 17.7. The lowest BCUT2D eigenvalue weighted by molar-refractivity contribution is -0.140. The first kappa shape index (κ1) is 16.4. The molecule has 2 saturated heterocycles. The van der Waals surface area contributed by atoms with E-state index in [1.54, 1.807) is 0 Å². The zero-order valence-corrected chi connectivity index (χ0v) is 15.8. The molecule has 2 aromatic rings. The number of para-hydroxylation sites is 1. The summed E-state index contributed by atoms with van der Waals surface area (Å²) in [6.45, 7) is 4.35. The SMILES string of the molecule is Cn1c(CN2CCCC3(CCC(=O)N(C4CC4)C3)C2)cc2ccccc21. The first-order valence-electron chi connectivity index (χ1n) is 10.2. The van der Waals surface area contributed by atoms with Gasteiger partial charge in [0.2, 0.25) is 5.91 Å². The van der Waals surface area contributed by atoms with Gasteiger partial charge >= 0.3 is 0 Å². The molecule has 4 nitrogen and oxygen atoms in total. The molecule has 0 N–H and O–H groups in total. The minimum atomic E-state index is 0.333. The van der Waals surface area contributed by atoms with Gasteiger partial charge in [-0.3, -0.25) is 9.69 Å². The molecular formula is C22H29N3O. The van der Waals surface area contributed by atoms with E-state index in [4.69, 9.17) is 0 Å². The number of aryl methyl sites for hydroxylation is 1. The Morgan fingerprint density at radius 1 is 1.15 bits per heavy atom. The van der Waals surface area contributed by atoms with Crippen LogP contribution in [0.3, 0.4) is 0 Å². The lowest BCUT2D eigenvalue weighted by Gasteiger charge is -2.48. The summed E-state index contributed by atoms with van der Waals surface area (Å²) in [6.07, 6.45) is 6.84. The highest BCUT2D eigenvalue weighted by molar-refractivity contribution is 5.81. The third kappa shape index (κ3) is 2.84. The normalized spacial score (nSPS) is 27.6. The number of likely N-dealkylation sites (tertiary alicyclic amines) is 2. The average molecular weight is 351 g/mol. The lowest BCUT2D eigenvalue weighted by Crippen LogP contribution is -2.54.